The molecule has 2 atom stereocenters. The maximum atomic E-state index is 13.7. The molecule has 1 aromatic rings. The third kappa shape index (κ3) is 2.68. The lowest BCUT2D eigenvalue weighted by atomic mass is 9.90. The van der Waals surface area contributed by atoms with Crippen LogP contribution in [0.15, 0.2) is 42.3 Å². The molecule has 6 nitrogen and oxygen atoms in total. The highest BCUT2D eigenvalue weighted by molar-refractivity contribution is 5.49. The van der Waals surface area contributed by atoms with Crippen LogP contribution < -0.4 is 0 Å². The number of nitro benzene ring substituents is 2. The average molecular weight is 282 g/mol. The number of alkyl halides is 1. The number of rotatable bonds is 3. The van der Waals surface area contributed by atoms with Gasteiger partial charge >= 0.3 is 0 Å². The van der Waals surface area contributed by atoms with Gasteiger partial charge in [0.25, 0.3) is 11.4 Å². The fourth-order valence-electron chi connectivity index (χ4n) is 1.93. The van der Waals surface area contributed by atoms with E-state index in [2.05, 4.69) is 0 Å². The first-order chi connectivity index (χ1) is 9.38. The number of benzene rings is 1. The second-order valence-electron chi connectivity index (χ2n) is 4.18. The summed E-state index contributed by atoms with van der Waals surface area (Å²) in [7, 11) is 0. The Morgan fingerprint density at radius 2 is 1.60 bits per heavy atom. The molecule has 1 aliphatic carbocycles. The Morgan fingerprint density at radius 3 is 2.05 bits per heavy atom. The van der Waals surface area contributed by atoms with Gasteiger partial charge in [0.05, 0.1) is 15.9 Å². The summed E-state index contributed by atoms with van der Waals surface area (Å²) in [4.78, 5) is 19.9. The minimum Gasteiger partial charge on any atom is -0.258 e. The van der Waals surface area contributed by atoms with Gasteiger partial charge in [0.15, 0.2) is 0 Å². The first-order valence-electron chi connectivity index (χ1n) is 5.52. The first-order valence-corrected chi connectivity index (χ1v) is 5.52. The third-order valence-corrected chi connectivity index (χ3v) is 2.86. The Kier molecular flexibility index (Phi) is 3.55. The highest BCUT2D eigenvalue weighted by atomic mass is 19.1. The van der Waals surface area contributed by atoms with Crippen LogP contribution in [0.2, 0.25) is 0 Å². The SMILES string of the molecule is O=[N+]([O-])c1cc(C2C=CC(F)=CC2F)cc([N+](=O)[O-])c1. The zero-order valence-corrected chi connectivity index (χ0v) is 9.90. The van der Waals surface area contributed by atoms with E-state index in [1.165, 1.54) is 6.08 Å². The molecule has 2 unspecified atom stereocenters. The molecule has 0 radical (unpaired) electrons. The Hall–Kier alpha value is -2.64. The molecular formula is C12H8F2N2O4. The van der Waals surface area contributed by atoms with Crippen LogP contribution in [-0.4, -0.2) is 16.0 Å². The number of allylic oxidation sites excluding steroid dienone is 4. The van der Waals surface area contributed by atoms with E-state index in [1.807, 2.05) is 0 Å². The van der Waals surface area contributed by atoms with Crippen molar-refractivity contribution >= 4 is 11.4 Å². The summed E-state index contributed by atoms with van der Waals surface area (Å²) in [6.07, 6.45) is 1.19. The molecule has 0 amide bonds. The monoisotopic (exact) mass is 282 g/mol. The zero-order chi connectivity index (χ0) is 14.9. The summed E-state index contributed by atoms with van der Waals surface area (Å²) in [5.41, 5.74) is -0.965. The minimum absolute atomic E-state index is 0.0541. The van der Waals surface area contributed by atoms with Gasteiger partial charge in [0.2, 0.25) is 0 Å². The molecule has 0 spiro atoms. The lowest BCUT2D eigenvalue weighted by Gasteiger charge is -2.18. The van der Waals surface area contributed by atoms with E-state index in [-0.39, 0.29) is 5.56 Å². The second kappa shape index (κ2) is 5.16. The molecule has 8 heteroatoms. The van der Waals surface area contributed by atoms with Crippen molar-refractivity contribution in [2.75, 3.05) is 0 Å². The Balaban J connectivity index is 2.49. The van der Waals surface area contributed by atoms with Crippen LogP contribution in [0.25, 0.3) is 0 Å². The number of nitro groups is 2. The number of hydrogen-bond donors (Lipinski definition) is 0. The van der Waals surface area contributed by atoms with Crippen LogP contribution in [0.3, 0.4) is 0 Å². The summed E-state index contributed by atoms with van der Waals surface area (Å²) in [5, 5.41) is 21.5. The molecule has 0 fully saturated rings. The second-order valence-corrected chi connectivity index (χ2v) is 4.18. The largest absolute Gasteiger partial charge is 0.276 e. The van der Waals surface area contributed by atoms with E-state index >= 15 is 0 Å². The highest BCUT2D eigenvalue weighted by Gasteiger charge is 2.26. The Bertz CT molecular complexity index is 610. The molecule has 2 rings (SSSR count). The summed E-state index contributed by atoms with van der Waals surface area (Å²) in [5.74, 6) is -1.75. The van der Waals surface area contributed by atoms with Gasteiger partial charge in [-0.3, -0.25) is 20.2 Å². The third-order valence-electron chi connectivity index (χ3n) is 2.86. The van der Waals surface area contributed by atoms with Gasteiger partial charge in [-0.1, -0.05) is 6.08 Å². The first kappa shape index (κ1) is 13.8. The molecule has 0 aromatic heterocycles. The van der Waals surface area contributed by atoms with Gasteiger partial charge in [-0.05, 0) is 17.7 Å². The molecule has 1 aliphatic rings. The van der Waals surface area contributed by atoms with Crippen molar-refractivity contribution in [1.29, 1.82) is 0 Å². The van der Waals surface area contributed by atoms with Crippen LogP contribution in [0, 0.1) is 20.2 Å². The molecular weight excluding hydrogens is 274 g/mol. The molecule has 0 heterocycles. The number of hydrogen-bond acceptors (Lipinski definition) is 4. The van der Waals surface area contributed by atoms with Crippen molar-refractivity contribution in [3.8, 4) is 0 Å². The fourth-order valence-corrected chi connectivity index (χ4v) is 1.93. The van der Waals surface area contributed by atoms with Crippen LogP contribution in [0.4, 0.5) is 20.2 Å². The molecule has 20 heavy (non-hydrogen) atoms. The van der Waals surface area contributed by atoms with E-state index in [4.69, 9.17) is 0 Å². The lowest BCUT2D eigenvalue weighted by molar-refractivity contribution is -0.394. The smallest absolute Gasteiger partial charge is 0.258 e. The standard InChI is InChI=1S/C12H8F2N2O4/c13-8-1-2-11(12(14)5-8)7-3-9(15(17)18)6-10(4-7)16(19)20/h1-6,11-12H. The van der Waals surface area contributed by atoms with E-state index in [9.17, 15) is 29.0 Å². The lowest BCUT2D eigenvalue weighted by Crippen LogP contribution is -2.13. The Labute approximate surface area is 111 Å². The minimum atomic E-state index is -1.73. The molecule has 0 N–H and O–H groups in total. The van der Waals surface area contributed by atoms with Crippen molar-refractivity contribution in [2.24, 2.45) is 0 Å². The van der Waals surface area contributed by atoms with E-state index in [0.29, 0.717) is 0 Å². The Morgan fingerprint density at radius 1 is 1.05 bits per heavy atom. The molecule has 1 aromatic carbocycles. The van der Waals surface area contributed by atoms with Gasteiger partial charge in [-0.2, -0.15) is 0 Å². The number of halogens is 2. The highest BCUT2D eigenvalue weighted by Crippen LogP contribution is 2.34. The van der Waals surface area contributed by atoms with Gasteiger partial charge < -0.3 is 0 Å². The van der Waals surface area contributed by atoms with Crippen molar-refractivity contribution in [3.63, 3.8) is 0 Å². The van der Waals surface area contributed by atoms with Crippen molar-refractivity contribution in [1.82, 2.24) is 0 Å². The predicted octanol–water partition coefficient (Wildman–Crippen LogP) is 3.35. The topological polar surface area (TPSA) is 86.3 Å². The van der Waals surface area contributed by atoms with Crippen LogP contribution in [-0.2, 0) is 0 Å². The number of non-ortho nitro benzene ring substituents is 2. The summed E-state index contributed by atoms with van der Waals surface area (Å²) < 4.78 is 26.6. The van der Waals surface area contributed by atoms with Crippen LogP contribution in [0.1, 0.15) is 11.5 Å². The van der Waals surface area contributed by atoms with Gasteiger partial charge in [-0.25, -0.2) is 8.78 Å². The molecule has 0 aliphatic heterocycles. The fraction of sp³-hybridized carbons (Fsp3) is 0.167. The van der Waals surface area contributed by atoms with Crippen molar-refractivity contribution in [2.45, 2.75) is 12.1 Å². The quantitative estimate of drug-likeness (QED) is 0.628. The van der Waals surface area contributed by atoms with E-state index < -0.39 is 39.1 Å². The maximum Gasteiger partial charge on any atom is 0.276 e. The van der Waals surface area contributed by atoms with E-state index in [0.717, 1.165) is 30.4 Å². The van der Waals surface area contributed by atoms with Crippen molar-refractivity contribution in [3.05, 3.63) is 68.0 Å². The zero-order valence-electron chi connectivity index (χ0n) is 9.90. The predicted molar refractivity (Wildman–Crippen MR) is 65.7 cm³/mol. The summed E-state index contributed by atoms with van der Waals surface area (Å²) in [6, 6.07) is 2.89. The van der Waals surface area contributed by atoms with Crippen molar-refractivity contribution < 1.29 is 18.6 Å². The van der Waals surface area contributed by atoms with Gasteiger partial charge in [0, 0.05) is 18.1 Å². The van der Waals surface area contributed by atoms with Gasteiger partial charge in [0.1, 0.15) is 12.0 Å². The normalized spacial score (nSPS) is 21.4. The van der Waals surface area contributed by atoms with Gasteiger partial charge in [-0.15, -0.1) is 0 Å². The molecule has 0 bridgehead atoms. The summed E-state index contributed by atoms with van der Waals surface area (Å²) in [6.45, 7) is 0. The maximum absolute atomic E-state index is 13.7. The summed E-state index contributed by atoms with van der Waals surface area (Å²) >= 11 is 0. The molecule has 104 valence electrons. The van der Waals surface area contributed by atoms with Crippen LogP contribution in [0.5, 0.6) is 0 Å². The van der Waals surface area contributed by atoms with E-state index in [1.54, 1.807) is 0 Å². The average Bonchev–Trinajstić information content (AvgIpc) is 2.38. The molecule has 0 saturated carbocycles. The molecule has 0 saturated heterocycles. The van der Waals surface area contributed by atoms with Crippen LogP contribution >= 0.6 is 0 Å². The number of nitrogens with zero attached hydrogens (tertiary/aromatic N) is 2.